The SMILES string of the molecule is Cc1ccccc1NC(=O)C(C)Sc1nnc(-c2cccnc2)n1Cc1ccccc1. The minimum Gasteiger partial charge on any atom is -0.325 e. The second-order valence-electron chi connectivity index (χ2n) is 7.18. The number of aryl methyl sites for hydroxylation is 1. The van der Waals surface area contributed by atoms with Gasteiger partial charge in [-0.15, -0.1) is 10.2 Å². The molecule has 156 valence electrons. The molecule has 31 heavy (non-hydrogen) atoms. The van der Waals surface area contributed by atoms with Crippen molar-refractivity contribution in [3.8, 4) is 11.4 Å². The van der Waals surface area contributed by atoms with Crippen molar-refractivity contribution in [2.75, 3.05) is 5.32 Å². The predicted octanol–water partition coefficient (Wildman–Crippen LogP) is 4.82. The number of aromatic nitrogens is 4. The first-order valence-electron chi connectivity index (χ1n) is 10.0. The van der Waals surface area contributed by atoms with E-state index in [1.54, 1.807) is 12.4 Å². The number of hydrogen-bond donors (Lipinski definition) is 1. The summed E-state index contributed by atoms with van der Waals surface area (Å²) in [4.78, 5) is 17.0. The van der Waals surface area contributed by atoms with E-state index in [0.29, 0.717) is 11.7 Å². The summed E-state index contributed by atoms with van der Waals surface area (Å²) in [6, 6.07) is 21.7. The van der Waals surface area contributed by atoms with Crippen molar-refractivity contribution in [2.24, 2.45) is 0 Å². The van der Waals surface area contributed by atoms with E-state index in [1.807, 2.05) is 73.0 Å². The van der Waals surface area contributed by atoms with E-state index in [4.69, 9.17) is 0 Å². The Kier molecular flexibility index (Phi) is 6.43. The summed E-state index contributed by atoms with van der Waals surface area (Å²) in [5, 5.41) is 12.2. The van der Waals surface area contributed by atoms with Crippen LogP contribution in [0, 0.1) is 6.92 Å². The van der Waals surface area contributed by atoms with Crippen molar-refractivity contribution in [1.29, 1.82) is 0 Å². The molecule has 0 aliphatic rings. The molecule has 0 saturated carbocycles. The quantitative estimate of drug-likeness (QED) is 0.427. The number of anilines is 1. The lowest BCUT2D eigenvalue weighted by Crippen LogP contribution is -2.23. The summed E-state index contributed by atoms with van der Waals surface area (Å²) in [5.74, 6) is 0.655. The molecule has 0 radical (unpaired) electrons. The molecule has 4 rings (SSSR count). The van der Waals surface area contributed by atoms with E-state index in [0.717, 1.165) is 28.2 Å². The maximum atomic E-state index is 12.8. The summed E-state index contributed by atoms with van der Waals surface area (Å²) in [5.41, 5.74) is 3.86. The average molecular weight is 430 g/mol. The van der Waals surface area contributed by atoms with Crippen LogP contribution in [-0.4, -0.2) is 30.9 Å². The van der Waals surface area contributed by atoms with Gasteiger partial charge in [0.15, 0.2) is 11.0 Å². The molecule has 1 unspecified atom stereocenters. The summed E-state index contributed by atoms with van der Waals surface area (Å²) >= 11 is 1.40. The van der Waals surface area contributed by atoms with Gasteiger partial charge in [0, 0.05) is 23.6 Å². The van der Waals surface area contributed by atoms with Crippen LogP contribution in [0.5, 0.6) is 0 Å². The molecule has 0 spiro atoms. The van der Waals surface area contributed by atoms with Gasteiger partial charge in [-0.1, -0.05) is 60.3 Å². The van der Waals surface area contributed by atoms with Crippen LogP contribution in [0.3, 0.4) is 0 Å². The van der Waals surface area contributed by atoms with Crippen molar-refractivity contribution in [1.82, 2.24) is 19.7 Å². The van der Waals surface area contributed by atoms with Gasteiger partial charge >= 0.3 is 0 Å². The van der Waals surface area contributed by atoms with Gasteiger partial charge in [0.25, 0.3) is 0 Å². The molecular formula is C24H23N5OS. The van der Waals surface area contributed by atoms with E-state index < -0.39 is 0 Å². The van der Waals surface area contributed by atoms with Gasteiger partial charge in [-0.05, 0) is 43.2 Å². The van der Waals surface area contributed by atoms with Crippen molar-refractivity contribution < 1.29 is 4.79 Å². The minimum absolute atomic E-state index is 0.0727. The molecule has 0 fully saturated rings. The highest BCUT2D eigenvalue weighted by atomic mass is 32.2. The van der Waals surface area contributed by atoms with Gasteiger partial charge in [-0.25, -0.2) is 0 Å². The minimum atomic E-state index is -0.347. The third-order valence-electron chi connectivity index (χ3n) is 4.87. The van der Waals surface area contributed by atoms with Crippen LogP contribution >= 0.6 is 11.8 Å². The lowest BCUT2D eigenvalue weighted by Gasteiger charge is -2.15. The Morgan fingerprint density at radius 3 is 2.55 bits per heavy atom. The van der Waals surface area contributed by atoms with E-state index in [1.165, 1.54) is 11.8 Å². The van der Waals surface area contributed by atoms with Crippen LogP contribution in [0.25, 0.3) is 11.4 Å². The summed E-state index contributed by atoms with van der Waals surface area (Å²) < 4.78 is 2.04. The lowest BCUT2D eigenvalue weighted by atomic mass is 10.2. The number of carbonyl (C=O) groups is 1. The number of carbonyl (C=O) groups excluding carboxylic acids is 1. The first-order valence-corrected chi connectivity index (χ1v) is 10.9. The average Bonchev–Trinajstić information content (AvgIpc) is 3.18. The summed E-state index contributed by atoms with van der Waals surface area (Å²) in [6.45, 7) is 4.46. The Morgan fingerprint density at radius 2 is 1.81 bits per heavy atom. The molecule has 0 aliphatic heterocycles. The predicted molar refractivity (Wildman–Crippen MR) is 124 cm³/mol. The molecule has 2 aromatic heterocycles. The number of amides is 1. The molecule has 7 heteroatoms. The number of para-hydroxylation sites is 1. The maximum Gasteiger partial charge on any atom is 0.237 e. The highest BCUT2D eigenvalue weighted by Crippen LogP contribution is 2.28. The second kappa shape index (κ2) is 9.57. The lowest BCUT2D eigenvalue weighted by molar-refractivity contribution is -0.115. The summed E-state index contributed by atoms with van der Waals surface area (Å²) in [7, 11) is 0. The highest BCUT2D eigenvalue weighted by Gasteiger charge is 2.21. The zero-order valence-corrected chi connectivity index (χ0v) is 18.2. The first-order chi connectivity index (χ1) is 15.1. The molecule has 4 aromatic rings. The number of nitrogens with zero attached hydrogens (tertiary/aromatic N) is 4. The molecule has 0 bridgehead atoms. The van der Waals surface area contributed by atoms with Gasteiger partial charge < -0.3 is 5.32 Å². The van der Waals surface area contributed by atoms with Gasteiger partial charge in [-0.2, -0.15) is 0 Å². The Hall–Kier alpha value is -3.45. The van der Waals surface area contributed by atoms with Crippen molar-refractivity contribution in [2.45, 2.75) is 30.8 Å². The van der Waals surface area contributed by atoms with Crippen molar-refractivity contribution >= 4 is 23.4 Å². The smallest absolute Gasteiger partial charge is 0.237 e. The number of thioether (sulfide) groups is 1. The Labute approximate surface area is 185 Å². The molecule has 0 saturated heterocycles. The first kappa shape index (κ1) is 20.8. The number of nitrogens with one attached hydrogen (secondary N) is 1. The van der Waals surface area contributed by atoms with Crippen LogP contribution in [0.15, 0.2) is 84.3 Å². The molecule has 2 heterocycles. The van der Waals surface area contributed by atoms with Crippen LogP contribution < -0.4 is 5.32 Å². The van der Waals surface area contributed by atoms with Gasteiger partial charge in [0.2, 0.25) is 5.91 Å². The largest absolute Gasteiger partial charge is 0.325 e. The maximum absolute atomic E-state index is 12.8. The van der Waals surface area contributed by atoms with Gasteiger partial charge in [0.1, 0.15) is 0 Å². The monoisotopic (exact) mass is 429 g/mol. The molecule has 2 aromatic carbocycles. The molecular weight excluding hydrogens is 406 g/mol. The van der Waals surface area contributed by atoms with E-state index >= 15 is 0 Å². The van der Waals surface area contributed by atoms with Gasteiger partial charge in [0.05, 0.1) is 11.8 Å². The fourth-order valence-corrected chi connectivity index (χ4v) is 4.00. The zero-order chi connectivity index (χ0) is 21.6. The van der Waals surface area contributed by atoms with Gasteiger partial charge in [-0.3, -0.25) is 14.3 Å². The Bertz CT molecular complexity index is 1160. The summed E-state index contributed by atoms with van der Waals surface area (Å²) in [6.07, 6.45) is 3.50. The normalized spacial score (nSPS) is 11.8. The highest BCUT2D eigenvalue weighted by molar-refractivity contribution is 8.00. The zero-order valence-electron chi connectivity index (χ0n) is 17.4. The topological polar surface area (TPSA) is 72.7 Å². The fourth-order valence-electron chi connectivity index (χ4n) is 3.15. The van der Waals surface area contributed by atoms with Crippen LogP contribution in [0.1, 0.15) is 18.1 Å². The van der Waals surface area contributed by atoms with Crippen molar-refractivity contribution in [3.05, 3.63) is 90.3 Å². The van der Waals surface area contributed by atoms with Crippen LogP contribution in [0.2, 0.25) is 0 Å². The Morgan fingerprint density at radius 1 is 1.03 bits per heavy atom. The van der Waals surface area contributed by atoms with E-state index in [-0.39, 0.29) is 11.2 Å². The number of hydrogen-bond acceptors (Lipinski definition) is 5. The molecule has 1 amide bonds. The number of benzene rings is 2. The molecule has 1 atom stereocenters. The van der Waals surface area contributed by atoms with Crippen LogP contribution in [-0.2, 0) is 11.3 Å². The Balaban J connectivity index is 1.59. The van der Waals surface area contributed by atoms with E-state index in [9.17, 15) is 4.79 Å². The third-order valence-corrected chi connectivity index (χ3v) is 5.95. The molecule has 1 N–H and O–H groups in total. The molecule has 0 aliphatic carbocycles. The van der Waals surface area contributed by atoms with E-state index in [2.05, 4.69) is 32.6 Å². The fraction of sp³-hybridized carbons (Fsp3) is 0.167. The number of rotatable bonds is 7. The number of pyridine rings is 1. The standard InChI is InChI=1S/C24H23N5OS/c1-17-9-6-7-13-21(17)26-23(30)18(2)31-24-28-27-22(20-12-8-14-25-15-20)29(24)16-19-10-4-3-5-11-19/h3-15,18H,16H2,1-2H3,(H,26,30). The molecule has 6 nitrogen and oxygen atoms in total. The van der Waals surface area contributed by atoms with Crippen LogP contribution in [0.4, 0.5) is 5.69 Å². The second-order valence-corrected chi connectivity index (χ2v) is 8.49. The third kappa shape index (κ3) is 5.00. The van der Waals surface area contributed by atoms with Crippen molar-refractivity contribution in [3.63, 3.8) is 0 Å².